The summed E-state index contributed by atoms with van der Waals surface area (Å²) in [6.45, 7) is 0. The highest BCUT2D eigenvalue weighted by Gasteiger charge is 2.32. The highest BCUT2D eigenvalue weighted by Crippen LogP contribution is 2.34. The molecular weight excluding hydrogens is 271 g/mol. The first-order chi connectivity index (χ1) is 9.51. The molecule has 0 atom stereocenters. The summed E-state index contributed by atoms with van der Waals surface area (Å²) in [5.74, 6) is -0.307. The molecule has 0 aromatic heterocycles. The summed E-state index contributed by atoms with van der Waals surface area (Å²) in [5.41, 5.74) is 1.22. The van der Waals surface area contributed by atoms with Crippen LogP contribution >= 0.6 is 0 Å². The summed E-state index contributed by atoms with van der Waals surface area (Å²) >= 11 is 0. The molecule has 0 unspecified atom stereocenters. The Morgan fingerprint density at radius 2 is 1.55 bits per heavy atom. The third-order valence-corrected chi connectivity index (χ3v) is 2.56. The Kier molecular flexibility index (Phi) is 3.93. The largest absolute Gasteiger partial charge is 0.573 e. The Labute approximate surface area is 112 Å². The van der Waals surface area contributed by atoms with Crippen molar-refractivity contribution in [2.24, 2.45) is 5.16 Å². The number of ether oxygens (including phenoxy) is 1. The van der Waals surface area contributed by atoms with Crippen LogP contribution in [0.3, 0.4) is 0 Å². The first-order valence-corrected chi connectivity index (χ1v) is 5.63. The maximum absolute atomic E-state index is 12.4. The smallest absolute Gasteiger partial charge is 0.411 e. The van der Waals surface area contributed by atoms with Crippen molar-refractivity contribution >= 4 is 6.21 Å². The fraction of sp³-hybridized carbons (Fsp3) is 0.0714. The van der Waals surface area contributed by atoms with Crippen molar-refractivity contribution in [2.45, 2.75) is 6.36 Å². The van der Waals surface area contributed by atoms with Gasteiger partial charge in [-0.2, -0.15) is 0 Å². The summed E-state index contributed by atoms with van der Waals surface area (Å²) in [6.07, 6.45) is -3.62. The lowest BCUT2D eigenvalue weighted by Crippen LogP contribution is -2.17. The summed E-state index contributed by atoms with van der Waals surface area (Å²) < 4.78 is 41.2. The zero-order valence-corrected chi connectivity index (χ0v) is 10.1. The number of hydrogen-bond acceptors (Lipinski definition) is 3. The van der Waals surface area contributed by atoms with Gasteiger partial charge in [0.15, 0.2) is 0 Å². The average molecular weight is 281 g/mol. The first kappa shape index (κ1) is 13.9. The lowest BCUT2D eigenvalue weighted by molar-refractivity contribution is -0.274. The molecule has 3 nitrogen and oxygen atoms in total. The van der Waals surface area contributed by atoms with Gasteiger partial charge in [-0.05, 0) is 11.6 Å². The van der Waals surface area contributed by atoms with Crippen molar-refractivity contribution in [1.29, 1.82) is 0 Å². The average Bonchev–Trinajstić information content (AvgIpc) is 2.39. The maximum atomic E-state index is 12.4. The topological polar surface area (TPSA) is 41.8 Å². The van der Waals surface area contributed by atoms with E-state index in [-0.39, 0.29) is 11.3 Å². The van der Waals surface area contributed by atoms with E-state index in [1.165, 1.54) is 18.2 Å². The van der Waals surface area contributed by atoms with Crippen LogP contribution in [0.2, 0.25) is 0 Å². The van der Waals surface area contributed by atoms with E-state index in [2.05, 4.69) is 9.89 Å². The van der Waals surface area contributed by atoms with Crippen LogP contribution in [0.4, 0.5) is 13.2 Å². The predicted octanol–water partition coefficient (Wildman–Crippen LogP) is 4.06. The quantitative estimate of drug-likeness (QED) is 0.523. The van der Waals surface area contributed by atoms with Crippen LogP contribution in [-0.4, -0.2) is 17.8 Å². The minimum Gasteiger partial charge on any atom is -0.411 e. The molecule has 0 saturated heterocycles. The third kappa shape index (κ3) is 3.28. The number of alkyl halides is 3. The Balaban J connectivity index is 2.53. The fourth-order valence-electron chi connectivity index (χ4n) is 1.82. The Hall–Kier alpha value is -2.50. The molecule has 0 bridgehead atoms. The SMILES string of the molecule is O/N=C/c1ccccc1-c1ccccc1OC(F)(F)F. The predicted molar refractivity (Wildman–Crippen MR) is 67.9 cm³/mol. The highest BCUT2D eigenvalue weighted by atomic mass is 19.4. The summed E-state index contributed by atoms with van der Waals surface area (Å²) in [6, 6.07) is 12.4. The molecule has 6 heteroatoms. The molecule has 1 N–H and O–H groups in total. The number of rotatable bonds is 3. The molecule has 20 heavy (non-hydrogen) atoms. The summed E-state index contributed by atoms with van der Waals surface area (Å²) in [7, 11) is 0. The van der Waals surface area contributed by atoms with Gasteiger partial charge in [0.05, 0.1) is 6.21 Å². The van der Waals surface area contributed by atoms with Crippen molar-refractivity contribution in [1.82, 2.24) is 0 Å². The van der Waals surface area contributed by atoms with Gasteiger partial charge in [0.2, 0.25) is 0 Å². The lowest BCUT2D eigenvalue weighted by Gasteiger charge is -2.14. The molecule has 0 aliphatic carbocycles. The molecule has 0 aliphatic heterocycles. The van der Waals surface area contributed by atoms with Gasteiger partial charge in [-0.3, -0.25) is 0 Å². The van der Waals surface area contributed by atoms with Crippen molar-refractivity contribution in [3.05, 3.63) is 54.1 Å². The van der Waals surface area contributed by atoms with E-state index in [4.69, 9.17) is 5.21 Å². The molecule has 0 fully saturated rings. The van der Waals surface area contributed by atoms with Gasteiger partial charge in [-0.25, -0.2) is 0 Å². The van der Waals surface area contributed by atoms with E-state index >= 15 is 0 Å². The van der Waals surface area contributed by atoms with Crippen molar-refractivity contribution in [3.63, 3.8) is 0 Å². The molecule has 2 aromatic rings. The minimum atomic E-state index is -4.77. The number of hydrogen-bond donors (Lipinski definition) is 1. The molecule has 0 amide bonds. The van der Waals surface area contributed by atoms with E-state index in [1.54, 1.807) is 30.3 Å². The van der Waals surface area contributed by atoms with Gasteiger partial charge in [-0.15, -0.1) is 13.2 Å². The molecule has 0 heterocycles. The molecule has 2 aromatic carbocycles. The van der Waals surface area contributed by atoms with Gasteiger partial charge >= 0.3 is 6.36 Å². The van der Waals surface area contributed by atoms with Crippen LogP contribution in [0.1, 0.15) is 5.56 Å². The molecule has 2 rings (SSSR count). The highest BCUT2D eigenvalue weighted by molar-refractivity contribution is 5.91. The summed E-state index contributed by atoms with van der Waals surface area (Å²) in [5, 5.41) is 11.5. The molecule has 104 valence electrons. The van der Waals surface area contributed by atoms with Crippen LogP contribution < -0.4 is 4.74 Å². The standard InChI is InChI=1S/C14H10F3NO2/c15-14(16,17)20-13-8-4-3-7-12(13)11-6-2-1-5-10(11)9-18-19/h1-9,19H/b18-9+. The fourth-order valence-corrected chi connectivity index (χ4v) is 1.82. The Morgan fingerprint density at radius 1 is 0.950 bits per heavy atom. The van der Waals surface area contributed by atoms with E-state index in [0.29, 0.717) is 11.1 Å². The molecular formula is C14H10F3NO2. The monoisotopic (exact) mass is 281 g/mol. The van der Waals surface area contributed by atoms with Crippen LogP contribution in [0.5, 0.6) is 5.75 Å². The van der Waals surface area contributed by atoms with Crippen LogP contribution in [0.25, 0.3) is 11.1 Å². The first-order valence-electron chi connectivity index (χ1n) is 5.63. The van der Waals surface area contributed by atoms with E-state index in [1.807, 2.05) is 0 Å². The van der Waals surface area contributed by atoms with Crippen LogP contribution in [-0.2, 0) is 0 Å². The second-order valence-corrected chi connectivity index (χ2v) is 3.88. The van der Waals surface area contributed by atoms with Gasteiger partial charge in [-0.1, -0.05) is 47.6 Å². The van der Waals surface area contributed by atoms with Gasteiger partial charge in [0, 0.05) is 11.1 Å². The maximum Gasteiger partial charge on any atom is 0.573 e. The molecule has 0 saturated carbocycles. The number of para-hydroxylation sites is 1. The third-order valence-electron chi connectivity index (χ3n) is 2.56. The number of nitrogens with zero attached hydrogens (tertiary/aromatic N) is 1. The summed E-state index contributed by atoms with van der Waals surface area (Å²) in [4.78, 5) is 0. The lowest BCUT2D eigenvalue weighted by atomic mass is 9.99. The number of oxime groups is 1. The van der Waals surface area contributed by atoms with Crippen molar-refractivity contribution < 1.29 is 23.1 Å². The van der Waals surface area contributed by atoms with Crippen molar-refractivity contribution in [3.8, 4) is 16.9 Å². The number of benzene rings is 2. The molecule has 0 aliphatic rings. The normalized spacial score (nSPS) is 11.8. The van der Waals surface area contributed by atoms with Gasteiger partial charge < -0.3 is 9.94 Å². The zero-order chi connectivity index (χ0) is 14.6. The molecule has 0 radical (unpaired) electrons. The second-order valence-electron chi connectivity index (χ2n) is 3.88. The van der Waals surface area contributed by atoms with E-state index in [9.17, 15) is 13.2 Å². The van der Waals surface area contributed by atoms with Gasteiger partial charge in [0.1, 0.15) is 5.75 Å². The Bertz CT molecular complexity index is 624. The van der Waals surface area contributed by atoms with E-state index in [0.717, 1.165) is 6.21 Å². The zero-order valence-electron chi connectivity index (χ0n) is 10.1. The van der Waals surface area contributed by atoms with Crippen LogP contribution in [0, 0.1) is 0 Å². The Morgan fingerprint density at radius 3 is 2.20 bits per heavy atom. The van der Waals surface area contributed by atoms with Crippen LogP contribution in [0.15, 0.2) is 53.7 Å². The number of halogens is 3. The van der Waals surface area contributed by atoms with E-state index < -0.39 is 6.36 Å². The molecule has 0 spiro atoms. The van der Waals surface area contributed by atoms with Crippen molar-refractivity contribution in [2.75, 3.05) is 0 Å². The minimum absolute atomic E-state index is 0.264. The second kappa shape index (κ2) is 5.64. The van der Waals surface area contributed by atoms with Gasteiger partial charge in [0.25, 0.3) is 0 Å².